The summed E-state index contributed by atoms with van der Waals surface area (Å²) in [6, 6.07) is 1.78. The number of hydrogen-bond donors (Lipinski definition) is 1. The van der Waals surface area contributed by atoms with Crippen LogP contribution >= 0.6 is 0 Å². The summed E-state index contributed by atoms with van der Waals surface area (Å²) >= 11 is 0. The number of esters is 1. The molecule has 0 heterocycles. The molecule has 0 aromatic heterocycles. The van der Waals surface area contributed by atoms with Crippen LogP contribution in [0.5, 0.6) is 5.75 Å². The second-order valence-electron chi connectivity index (χ2n) is 7.07. The molecule has 6 heteroatoms. The summed E-state index contributed by atoms with van der Waals surface area (Å²) in [6.45, 7) is 5.80. The van der Waals surface area contributed by atoms with E-state index in [1.165, 1.54) is 12.0 Å². The van der Waals surface area contributed by atoms with Gasteiger partial charge in [0, 0.05) is 18.0 Å². The lowest BCUT2D eigenvalue weighted by Crippen LogP contribution is -2.43. The van der Waals surface area contributed by atoms with E-state index in [-0.39, 0.29) is 29.1 Å². The number of benzene rings is 1. The number of anilines is 1. The molecule has 1 aromatic rings. The maximum atomic E-state index is 14.0. The zero-order chi connectivity index (χ0) is 18.7. The van der Waals surface area contributed by atoms with Crippen LogP contribution in [0.1, 0.15) is 56.8 Å². The number of methoxy groups -OCH3 is 1. The van der Waals surface area contributed by atoms with Crippen molar-refractivity contribution in [2.75, 3.05) is 12.0 Å². The van der Waals surface area contributed by atoms with Crippen molar-refractivity contribution in [1.29, 1.82) is 0 Å². The number of nitrogens with zero attached hydrogens (tertiary/aromatic N) is 1. The average Bonchev–Trinajstić information content (AvgIpc) is 2.57. The van der Waals surface area contributed by atoms with Gasteiger partial charge >= 0.3 is 5.97 Å². The highest BCUT2D eigenvalue weighted by Crippen LogP contribution is 2.35. The average molecular weight is 351 g/mol. The molecular weight excluding hydrogens is 325 g/mol. The second-order valence-corrected chi connectivity index (χ2v) is 7.07. The first-order valence-corrected chi connectivity index (χ1v) is 8.70. The minimum Gasteiger partial charge on any atom is -0.505 e. The molecule has 2 rings (SSSR count). The number of phenolic OH excluding ortho intramolecular Hbond substituents is 1. The molecule has 5 nitrogen and oxygen atoms in total. The smallest absolute Gasteiger partial charge is 0.340 e. The van der Waals surface area contributed by atoms with E-state index < -0.39 is 17.5 Å². The summed E-state index contributed by atoms with van der Waals surface area (Å²) in [5, 5.41) is 9.62. The third-order valence-corrected chi connectivity index (χ3v) is 4.85. The highest BCUT2D eigenvalue weighted by atomic mass is 19.1. The van der Waals surface area contributed by atoms with Gasteiger partial charge < -0.3 is 14.7 Å². The molecule has 1 fully saturated rings. The fraction of sp³-hybridized carbons (Fsp3) is 0.579. The number of hydrogen-bond acceptors (Lipinski definition) is 4. The number of aromatic hydroxyl groups is 1. The molecule has 0 bridgehead atoms. The van der Waals surface area contributed by atoms with Crippen LogP contribution < -0.4 is 4.90 Å². The van der Waals surface area contributed by atoms with Gasteiger partial charge in [-0.15, -0.1) is 0 Å². The van der Waals surface area contributed by atoms with Crippen LogP contribution in [-0.2, 0) is 9.53 Å². The summed E-state index contributed by atoms with van der Waals surface area (Å²) in [5.41, 5.74) is 0.119. The van der Waals surface area contributed by atoms with Crippen LogP contribution in [0.25, 0.3) is 0 Å². The van der Waals surface area contributed by atoms with Gasteiger partial charge in [0.25, 0.3) is 0 Å². The Labute approximate surface area is 147 Å². The highest BCUT2D eigenvalue weighted by Gasteiger charge is 2.33. The Balaban J connectivity index is 2.44. The van der Waals surface area contributed by atoms with Crippen molar-refractivity contribution in [3.63, 3.8) is 0 Å². The molecule has 0 aliphatic heterocycles. The van der Waals surface area contributed by atoms with Gasteiger partial charge in [0.1, 0.15) is 0 Å². The van der Waals surface area contributed by atoms with Crippen LogP contribution in [-0.4, -0.2) is 30.1 Å². The summed E-state index contributed by atoms with van der Waals surface area (Å²) in [7, 11) is 1.20. The molecule has 1 aliphatic carbocycles. The topological polar surface area (TPSA) is 66.8 Å². The molecule has 1 saturated carbocycles. The first-order valence-electron chi connectivity index (χ1n) is 8.70. The summed E-state index contributed by atoms with van der Waals surface area (Å²) in [4.78, 5) is 26.6. The Morgan fingerprint density at radius 3 is 2.36 bits per heavy atom. The van der Waals surface area contributed by atoms with Crippen molar-refractivity contribution < 1.29 is 23.8 Å². The Hall–Kier alpha value is -2.11. The lowest BCUT2D eigenvalue weighted by molar-refractivity contribution is -0.123. The van der Waals surface area contributed by atoms with E-state index >= 15 is 0 Å². The summed E-state index contributed by atoms with van der Waals surface area (Å²) in [6.07, 6.45) is 3.54. The molecule has 0 unspecified atom stereocenters. The molecule has 0 spiro atoms. The molecule has 138 valence electrons. The number of amides is 1. The quantitative estimate of drug-likeness (QED) is 0.836. The van der Waals surface area contributed by atoms with Crippen molar-refractivity contribution in [2.24, 2.45) is 11.8 Å². The predicted octanol–water partition coefficient (Wildman–Crippen LogP) is 3.89. The number of ether oxygens (including phenoxy) is 1. The Morgan fingerprint density at radius 2 is 1.84 bits per heavy atom. The summed E-state index contributed by atoms with van der Waals surface area (Å²) in [5.74, 6) is -1.89. The molecule has 0 atom stereocenters. The van der Waals surface area contributed by atoms with Gasteiger partial charge in [0.2, 0.25) is 5.91 Å². The van der Waals surface area contributed by atoms with Crippen LogP contribution in [0.2, 0.25) is 0 Å². The monoisotopic (exact) mass is 351 g/mol. The van der Waals surface area contributed by atoms with E-state index in [0.29, 0.717) is 5.92 Å². The van der Waals surface area contributed by atoms with Gasteiger partial charge in [-0.1, -0.05) is 6.92 Å². The normalized spacial score (nSPS) is 20.4. The number of carbonyl (C=O) groups excluding carboxylic acids is 2. The Bertz CT molecular complexity index is 651. The maximum Gasteiger partial charge on any atom is 0.340 e. The number of halogens is 1. The van der Waals surface area contributed by atoms with Gasteiger partial charge in [-0.2, -0.15) is 0 Å². The fourth-order valence-corrected chi connectivity index (χ4v) is 3.38. The van der Waals surface area contributed by atoms with Gasteiger partial charge in [-0.25, -0.2) is 9.18 Å². The van der Waals surface area contributed by atoms with Crippen LogP contribution in [0, 0.1) is 17.7 Å². The van der Waals surface area contributed by atoms with Crippen molar-refractivity contribution in [3.8, 4) is 5.75 Å². The standard InChI is InChI=1S/C19H26FNO4/c1-11(2)21(18(23)13-7-5-12(3)6-8-13)16-10-15(20)17(22)9-14(16)19(24)25-4/h9-13,22H,5-8H2,1-4H3. The molecular formula is C19H26FNO4. The predicted molar refractivity (Wildman–Crippen MR) is 93.1 cm³/mol. The van der Waals surface area contributed by atoms with Crippen molar-refractivity contribution in [3.05, 3.63) is 23.5 Å². The lowest BCUT2D eigenvalue weighted by Gasteiger charge is -2.34. The van der Waals surface area contributed by atoms with Crippen molar-refractivity contribution in [2.45, 2.75) is 52.5 Å². The van der Waals surface area contributed by atoms with Crippen LogP contribution in [0.3, 0.4) is 0 Å². The van der Waals surface area contributed by atoms with Crippen LogP contribution in [0.15, 0.2) is 12.1 Å². The molecule has 1 aliphatic rings. The van der Waals surface area contributed by atoms with Gasteiger partial charge in [-0.3, -0.25) is 4.79 Å². The zero-order valence-corrected chi connectivity index (χ0v) is 15.2. The fourth-order valence-electron chi connectivity index (χ4n) is 3.38. The van der Waals surface area contributed by atoms with Crippen molar-refractivity contribution in [1.82, 2.24) is 0 Å². The van der Waals surface area contributed by atoms with Gasteiger partial charge in [-0.05, 0) is 51.5 Å². The maximum absolute atomic E-state index is 14.0. The van der Waals surface area contributed by atoms with Crippen LogP contribution in [0.4, 0.5) is 10.1 Å². The van der Waals surface area contributed by atoms with Crippen molar-refractivity contribution >= 4 is 17.6 Å². The summed E-state index contributed by atoms with van der Waals surface area (Å²) < 4.78 is 18.7. The molecule has 1 aromatic carbocycles. The lowest BCUT2D eigenvalue weighted by atomic mass is 9.82. The third kappa shape index (κ3) is 4.11. The minimum absolute atomic E-state index is 0.0207. The zero-order valence-electron chi connectivity index (χ0n) is 15.2. The SMILES string of the molecule is COC(=O)c1cc(O)c(F)cc1N(C(=O)C1CCC(C)CC1)C(C)C. The van der Waals surface area contributed by atoms with Gasteiger partial charge in [0.15, 0.2) is 11.6 Å². The largest absolute Gasteiger partial charge is 0.505 e. The highest BCUT2D eigenvalue weighted by molar-refractivity contribution is 6.04. The van der Waals surface area contributed by atoms with E-state index in [4.69, 9.17) is 4.74 Å². The Kier molecular flexibility index (Phi) is 6.03. The number of phenols is 1. The molecule has 1 amide bonds. The molecule has 1 N–H and O–H groups in total. The van der Waals surface area contributed by atoms with E-state index in [9.17, 15) is 19.1 Å². The van der Waals surface area contributed by atoms with E-state index in [1.807, 2.05) is 13.8 Å². The molecule has 0 saturated heterocycles. The minimum atomic E-state index is -0.877. The number of carbonyl (C=O) groups is 2. The molecule has 25 heavy (non-hydrogen) atoms. The molecule has 0 radical (unpaired) electrons. The third-order valence-electron chi connectivity index (χ3n) is 4.85. The van der Waals surface area contributed by atoms with E-state index in [1.54, 1.807) is 0 Å². The number of rotatable bonds is 4. The van der Waals surface area contributed by atoms with E-state index in [2.05, 4.69) is 6.92 Å². The Morgan fingerprint density at radius 1 is 1.24 bits per heavy atom. The first kappa shape index (κ1) is 19.2. The van der Waals surface area contributed by atoms with E-state index in [0.717, 1.165) is 37.8 Å². The first-order chi connectivity index (χ1) is 11.8. The van der Waals surface area contributed by atoms with Gasteiger partial charge in [0.05, 0.1) is 18.4 Å². The second kappa shape index (κ2) is 7.85.